The lowest BCUT2D eigenvalue weighted by Crippen LogP contribution is -2.16. The Kier molecular flexibility index (Phi) is 4.85. The molecule has 2 aliphatic carbocycles. The fraction of sp³-hybridized carbons (Fsp3) is 0.812. The van der Waals surface area contributed by atoms with Crippen LogP contribution in [0, 0.1) is 11.8 Å². The lowest BCUT2D eigenvalue weighted by atomic mass is 9.82. The van der Waals surface area contributed by atoms with Crippen molar-refractivity contribution in [1.29, 1.82) is 0 Å². The summed E-state index contributed by atoms with van der Waals surface area (Å²) in [6.07, 6.45) is 10.4. The van der Waals surface area contributed by atoms with Gasteiger partial charge in [0, 0.05) is 5.57 Å². The van der Waals surface area contributed by atoms with Crippen LogP contribution in [0.15, 0.2) is 11.1 Å². The molecule has 0 heterocycles. The van der Waals surface area contributed by atoms with Crippen LogP contribution >= 0.6 is 0 Å². The molecule has 0 unspecified atom stereocenters. The molecule has 0 spiro atoms. The lowest BCUT2D eigenvalue weighted by Gasteiger charge is -2.23. The van der Waals surface area contributed by atoms with Crippen molar-refractivity contribution in [3.63, 3.8) is 0 Å². The molecule has 0 aromatic carbocycles. The van der Waals surface area contributed by atoms with E-state index in [1.54, 1.807) is 0 Å². The van der Waals surface area contributed by atoms with Gasteiger partial charge in [-0.2, -0.15) is 0 Å². The van der Waals surface area contributed by atoms with Crippen LogP contribution in [-0.4, -0.2) is 12.6 Å². The van der Waals surface area contributed by atoms with Gasteiger partial charge in [0.2, 0.25) is 0 Å². The van der Waals surface area contributed by atoms with Crippen LogP contribution in [0.4, 0.5) is 0 Å². The van der Waals surface area contributed by atoms with Gasteiger partial charge in [-0.3, -0.25) is 0 Å². The van der Waals surface area contributed by atoms with Gasteiger partial charge in [0.15, 0.2) is 0 Å². The van der Waals surface area contributed by atoms with E-state index in [1.165, 1.54) is 56.9 Å². The Morgan fingerprint density at radius 1 is 1.00 bits per heavy atom. The number of hydrogen-bond donors (Lipinski definition) is 0. The largest absolute Gasteiger partial charge is 0.463 e. The first-order chi connectivity index (χ1) is 8.74. The molecule has 0 N–H and O–H groups in total. The normalized spacial score (nSPS) is 21.2. The molecular weight excluding hydrogens is 224 g/mol. The molecule has 2 nitrogen and oxygen atoms in total. The number of allylic oxidation sites excluding steroid dienone is 1. The van der Waals surface area contributed by atoms with Gasteiger partial charge >= 0.3 is 5.97 Å². The van der Waals surface area contributed by atoms with Gasteiger partial charge < -0.3 is 4.74 Å². The molecule has 0 saturated heterocycles. The molecule has 2 rings (SSSR count). The average Bonchev–Trinajstić information content (AvgIpc) is 3.02. The third-order valence-electron chi connectivity index (χ3n) is 4.60. The summed E-state index contributed by atoms with van der Waals surface area (Å²) in [6, 6.07) is 0. The van der Waals surface area contributed by atoms with Gasteiger partial charge in [-0.15, -0.1) is 0 Å². The molecule has 102 valence electrons. The standard InChI is InChI=1S/C16H26O2/c1-3-18-16(17)12(2)15(13-8-4-5-9-13)14-10-6-7-11-14/h13-14H,3-11H2,1-2H3. The lowest BCUT2D eigenvalue weighted by molar-refractivity contribution is -0.138. The molecule has 0 aliphatic heterocycles. The van der Waals surface area contributed by atoms with Crippen LogP contribution in [-0.2, 0) is 9.53 Å². The van der Waals surface area contributed by atoms with Gasteiger partial charge in [0.25, 0.3) is 0 Å². The Labute approximate surface area is 111 Å². The first-order valence-corrected chi connectivity index (χ1v) is 7.61. The zero-order chi connectivity index (χ0) is 13.0. The summed E-state index contributed by atoms with van der Waals surface area (Å²) in [5, 5.41) is 0. The minimum absolute atomic E-state index is 0.0775. The van der Waals surface area contributed by atoms with Crippen molar-refractivity contribution < 1.29 is 9.53 Å². The molecule has 0 aromatic heterocycles. The van der Waals surface area contributed by atoms with E-state index in [0.717, 1.165) is 5.57 Å². The zero-order valence-corrected chi connectivity index (χ0v) is 11.8. The van der Waals surface area contributed by atoms with E-state index in [4.69, 9.17) is 4.74 Å². The number of rotatable bonds is 4. The van der Waals surface area contributed by atoms with E-state index >= 15 is 0 Å². The van der Waals surface area contributed by atoms with E-state index in [-0.39, 0.29) is 5.97 Å². The van der Waals surface area contributed by atoms with Crippen molar-refractivity contribution >= 4 is 5.97 Å². The summed E-state index contributed by atoms with van der Waals surface area (Å²) in [5.74, 6) is 1.25. The second-order valence-electron chi connectivity index (χ2n) is 5.76. The van der Waals surface area contributed by atoms with Gasteiger partial charge in [-0.1, -0.05) is 31.3 Å². The first kappa shape index (κ1) is 13.6. The molecule has 0 radical (unpaired) electrons. The third kappa shape index (κ3) is 2.96. The number of esters is 1. The molecule has 2 saturated carbocycles. The van der Waals surface area contributed by atoms with Crippen LogP contribution in [0.25, 0.3) is 0 Å². The summed E-state index contributed by atoms with van der Waals surface area (Å²) in [6.45, 7) is 4.36. The Bertz CT molecular complexity index is 300. The van der Waals surface area contributed by atoms with E-state index in [0.29, 0.717) is 18.4 Å². The molecule has 0 amide bonds. The molecule has 0 atom stereocenters. The minimum atomic E-state index is -0.0775. The van der Waals surface area contributed by atoms with Gasteiger partial charge in [0.1, 0.15) is 0 Å². The Balaban J connectivity index is 2.21. The maximum Gasteiger partial charge on any atom is 0.333 e. The third-order valence-corrected chi connectivity index (χ3v) is 4.60. The SMILES string of the molecule is CCOC(=O)C(C)=C(C1CCCC1)C1CCCC1. The average molecular weight is 250 g/mol. The van der Waals surface area contributed by atoms with Crippen molar-refractivity contribution in [2.45, 2.75) is 65.2 Å². The summed E-state index contributed by atoms with van der Waals surface area (Å²) in [5.41, 5.74) is 2.39. The Hall–Kier alpha value is -0.790. The van der Waals surface area contributed by atoms with Gasteiger partial charge in [-0.25, -0.2) is 4.79 Å². The number of carbonyl (C=O) groups is 1. The first-order valence-electron chi connectivity index (χ1n) is 7.61. The van der Waals surface area contributed by atoms with Crippen LogP contribution < -0.4 is 0 Å². The maximum absolute atomic E-state index is 12.0. The second-order valence-corrected chi connectivity index (χ2v) is 5.76. The van der Waals surface area contributed by atoms with Crippen molar-refractivity contribution in [1.82, 2.24) is 0 Å². The molecule has 2 fully saturated rings. The molecule has 2 aliphatic rings. The fourth-order valence-corrected chi connectivity index (χ4v) is 3.78. The summed E-state index contributed by atoms with van der Waals surface area (Å²) < 4.78 is 5.21. The zero-order valence-electron chi connectivity index (χ0n) is 11.8. The van der Waals surface area contributed by atoms with E-state index in [9.17, 15) is 4.79 Å². The molecular formula is C16H26O2. The quantitative estimate of drug-likeness (QED) is 0.551. The van der Waals surface area contributed by atoms with Crippen molar-refractivity contribution in [3.8, 4) is 0 Å². The summed E-state index contributed by atoms with van der Waals surface area (Å²) in [4.78, 5) is 12.0. The van der Waals surface area contributed by atoms with Crippen LogP contribution in [0.3, 0.4) is 0 Å². The minimum Gasteiger partial charge on any atom is -0.463 e. The highest BCUT2D eigenvalue weighted by molar-refractivity contribution is 5.88. The molecule has 18 heavy (non-hydrogen) atoms. The van der Waals surface area contributed by atoms with Crippen LogP contribution in [0.5, 0.6) is 0 Å². The highest BCUT2D eigenvalue weighted by atomic mass is 16.5. The number of hydrogen-bond acceptors (Lipinski definition) is 2. The number of ether oxygens (including phenoxy) is 1. The summed E-state index contributed by atoms with van der Waals surface area (Å²) in [7, 11) is 0. The highest BCUT2D eigenvalue weighted by Gasteiger charge is 2.31. The van der Waals surface area contributed by atoms with Crippen LogP contribution in [0.2, 0.25) is 0 Å². The monoisotopic (exact) mass is 250 g/mol. The van der Waals surface area contributed by atoms with E-state index in [2.05, 4.69) is 0 Å². The Morgan fingerprint density at radius 3 is 1.83 bits per heavy atom. The topological polar surface area (TPSA) is 26.3 Å². The maximum atomic E-state index is 12.0. The van der Waals surface area contributed by atoms with Gasteiger partial charge in [0.05, 0.1) is 6.61 Å². The molecule has 0 aromatic rings. The highest BCUT2D eigenvalue weighted by Crippen LogP contribution is 2.42. The predicted octanol–water partition coefficient (Wildman–Crippen LogP) is 4.25. The predicted molar refractivity (Wildman–Crippen MR) is 73.2 cm³/mol. The van der Waals surface area contributed by atoms with Gasteiger partial charge in [-0.05, 0) is 51.4 Å². The van der Waals surface area contributed by atoms with Crippen molar-refractivity contribution in [2.75, 3.05) is 6.61 Å². The molecule has 0 bridgehead atoms. The van der Waals surface area contributed by atoms with E-state index in [1.807, 2.05) is 13.8 Å². The van der Waals surface area contributed by atoms with Crippen molar-refractivity contribution in [3.05, 3.63) is 11.1 Å². The molecule has 2 heteroatoms. The second kappa shape index (κ2) is 6.40. The number of carbonyl (C=O) groups excluding carboxylic acids is 1. The van der Waals surface area contributed by atoms with Crippen LogP contribution in [0.1, 0.15) is 65.2 Å². The van der Waals surface area contributed by atoms with Crippen molar-refractivity contribution in [2.24, 2.45) is 11.8 Å². The van der Waals surface area contributed by atoms with E-state index < -0.39 is 0 Å². The fourth-order valence-electron chi connectivity index (χ4n) is 3.78. The summed E-state index contributed by atoms with van der Waals surface area (Å²) >= 11 is 0. The Morgan fingerprint density at radius 2 is 1.44 bits per heavy atom. The smallest absolute Gasteiger partial charge is 0.333 e.